The molecule has 14 heavy (non-hydrogen) atoms. The van der Waals surface area contributed by atoms with Crippen molar-refractivity contribution < 1.29 is 13.5 Å². The number of rotatable bonds is 4. The summed E-state index contributed by atoms with van der Waals surface area (Å²) in [6.45, 7) is 2.39. The topological polar surface area (TPSA) is 21.3 Å². The van der Waals surface area contributed by atoms with Gasteiger partial charge in [-0.15, -0.1) is 0 Å². The lowest BCUT2D eigenvalue weighted by Crippen LogP contribution is -2.10. The highest BCUT2D eigenvalue weighted by atomic mass is 19.1. The maximum atomic E-state index is 13.3. The number of halogens is 2. The lowest BCUT2D eigenvalue weighted by Gasteiger charge is -2.09. The maximum Gasteiger partial charge on any atom is 0.152 e. The van der Waals surface area contributed by atoms with Crippen LogP contribution in [0, 0.1) is 18.6 Å². The van der Waals surface area contributed by atoms with Crippen molar-refractivity contribution >= 4 is 5.69 Å². The van der Waals surface area contributed by atoms with E-state index < -0.39 is 11.6 Å². The molecule has 0 fully saturated rings. The second-order valence-electron chi connectivity index (χ2n) is 2.97. The molecule has 0 saturated heterocycles. The van der Waals surface area contributed by atoms with Crippen LogP contribution in [0.2, 0.25) is 0 Å². The number of hydrogen-bond acceptors (Lipinski definition) is 2. The molecule has 0 unspecified atom stereocenters. The van der Waals surface area contributed by atoms with Crippen LogP contribution in [0.25, 0.3) is 0 Å². The summed E-state index contributed by atoms with van der Waals surface area (Å²) in [5.41, 5.74) is 0.341. The molecule has 0 amide bonds. The van der Waals surface area contributed by atoms with Gasteiger partial charge in [-0.25, -0.2) is 8.78 Å². The van der Waals surface area contributed by atoms with Gasteiger partial charge in [-0.3, -0.25) is 0 Å². The van der Waals surface area contributed by atoms with Crippen molar-refractivity contribution in [2.24, 2.45) is 0 Å². The summed E-state index contributed by atoms with van der Waals surface area (Å²) in [5.74, 6) is -1.12. The third-order valence-electron chi connectivity index (χ3n) is 1.89. The monoisotopic (exact) mass is 201 g/mol. The molecule has 78 valence electrons. The lowest BCUT2D eigenvalue weighted by molar-refractivity contribution is 0.210. The molecule has 0 aliphatic rings. The summed E-state index contributed by atoms with van der Waals surface area (Å²) in [4.78, 5) is 0. The van der Waals surface area contributed by atoms with Crippen molar-refractivity contribution in [1.82, 2.24) is 0 Å². The van der Waals surface area contributed by atoms with E-state index in [0.29, 0.717) is 18.7 Å². The fourth-order valence-electron chi connectivity index (χ4n) is 1.10. The lowest BCUT2D eigenvalue weighted by atomic mass is 10.2. The molecule has 0 spiro atoms. The fraction of sp³-hybridized carbons (Fsp3) is 0.400. The summed E-state index contributed by atoms with van der Waals surface area (Å²) in [6.07, 6.45) is 0. The first-order chi connectivity index (χ1) is 6.66. The average molecular weight is 201 g/mol. The summed E-state index contributed by atoms with van der Waals surface area (Å²) in [7, 11) is 1.53. The molecule has 4 heteroatoms. The Balaban J connectivity index is 2.79. The van der Waals surface area contributed by atoms with Gasteiger partial charge in [0, 0.05) is 13.7 Å². The quantitative estimate of drug-likeness (QED) is 0.755. The highest BCUT2D eigenvalue weighted by Crippen LogP contribution is 2.21. The zero-order valence-corrected chi connectivity index (χ0v) is 8.23. The molecule has 0 heterocycles. The number of ether oxygens (including phenoxy) is 1. The van der Waals surface area contributed by atoms with E-state index >= 15 is 0 Å². The third kappa shape index (κ3) is 2.42. The Morgan fingerprint density at radius 2 is 2.07 bits per heavy atom. The number of anilines is 1. The number of hydrogen-bond donors (Lipinski definition) is 1. The molecule has 0 atom stereocenters. The second kappa shape index (κ2) is 4.91. The second-order valence-corrected chi connectivity index (χ2v) is 2.97. The SMILES string of the molecule is COCCNc1c(F)ccc(C)c1F. The third-order valence-corrected chi connectivity index (χ3v) is 1.89. The fourth-order valence-corrected chi connectivity index (χ4v) is 1.10. The van der Waals surface area contributed by atoms with Gasteiger partial charge in [0.1, 0.15) is 11.5 Å². The molecule has 0 aliphatic carbocycles. The molecular weight excluding hydrogens is 188 g/mol. The minimum Gasteiger partial charge on any atom is -0.383 e. The Bertz CT molecular complexity index is 315. The Kier molecular flexibility index (Phi) is 3.83. The van der Waals surface area contributed by atoms with Crippen molar-refractivity contribution in [3.05, 3.63) is 29.3 Å². The molecule has 1 rings (SSSR count). The Labute approximate surface area is 81.9 Å². The number of nitrogens with one attached hydrogen (secondary N) is 1. The molecule has 2 nitrogen and oxygen atoms in total. The van der Waals surface area contributed by atoms with Gasteiger partial charge in [-0.05, 0) is 18.6 Å². The van der Waals surface area contributed by atoms with E-state index in [9.17, 15) is 8.78 Å². The molecule has 0 aliphatic heterocycles. The van der Waals surface area contributed by atoms with Crippen molar-refractivity contribution in [3.8, 4) is 0 Å². The predicted octanol–water partition coefficient (Wildman–Crippen LogP) is 2.33. The van der Waals surface area contributed by atoms with Crippen LogP contribution in [0.3, 0.4) is 0 Å². The van der Waals surface area contributed by atoms with E-state index in [4.69, 9.17) is 4.74 Å². The molecule has 1 aromatic rings. The van der Waals surface area contributed by atoms with E-state index in [1.807, 2.05) is 0 Å². The minimum atomic E-state index is -0.579. The van der Waals surface area contributed by atoms with Crippen LogP contribution in [-0.2, 0) is 4.74 Å². The van der Waals surface area contributed by atoms with Gasteiger partial charge < -0.3 is 10.1 Å². The van der Waals surface area contributed by atoms with Gasteiger partial charge >= 0.3 is 0 Å². The molecule has 0 saturated carbocycles. The van der Waals surface area contributed by atoms with E-state index in [1.54, 1.807) is 6.92 Å². The summed E-state index contributed by atoms with van der Waals surface area (Å²) >= 11 is 0. The molecule has 1 N–H and O–H groups in total. The van der Waals surface area contributed by atoms with E-state index in [0.717, 1.165) is 0 Å². The number of methoxy groups -OCH3 is 1. The minimum absolute atomic E-state index is 0.0814. The summed E-state index contributed by atoms with van der Waals surface area (Å²) in [6, 6.07) is 2.65. The largest absolute Gasteiger partial charge is 0.383 e. The highest BCUT2D eigenvalue weighted by Gasteiger charge is 2.09. The zero-order valence-electron chi connectivity index (χ0n) is 8.23. The van der Waals surface area contributed by atoms with E-state index in [1.165, 1.54) is 19.2 Å². The van der Waals surface area contributed by atoms with Crippen molar-refractivity contribution in [3.63, 3.8) is 0 Å². The van der Waals surface area contributed by atoms with Crippen LogP contribution in [0.4, 0.5) is 14.5 Å². The van der Waals surface area contributed by atoms with Crippen molar-refractivity contribution in [1.29, 1.82) is 0 Å². The maximum absolute atomic E-state index is 13.3. The molecule has 0 aromatic heterocycles. The molecule has 0 bridgehead atoms. The van der Waals surface area contributed by atoms with Crippen LogP contribution >= 0.6 is 0 Å². The van der Waals surface area contributed by atoms with Crippen molar-refractivity contribution in [2.45, 2.75) is 6.92 Å². The first-order valence-corrected chi connectivity index (χ1v) is 4.34. The predicted molar refractivity (Wildman–Crippen MR) is 51.5 cm³/mol. The van der Waals surface area contributed by atoms with Gasteiger partial charge in [0.05, 0.1) is 6.61 Å². The Morgan fingerprint density at radius 3 is 2.71 bits per heavy atom. The van der Waals surface area contributed by atoms with Crippen LogP contribution in [0.5, 0.6) is 0 Å². The van der Waals surface area contributed by atoms with E-state index in [-0.39, 0.29) is 5.69 Å². The van der Waals surface area contributed by atoms with Crippen LogP contribution < -0.4 is 5.32 Å². The normalized spacial score (nSPS) is 10.3. The smallest absolute Gasteiger partial charge is 0.152 e. The number of aryl methyl sites for hydroxylation is 1. The standard InChI is InChI=1S/C10H13F2NO/c1-7-3-4-8(11)10(9(7)12)13-5-6-14-2/h3-4,13H,5-6H2,1-2H3. The highest BCUT2D eigenvalue weighted by molar-refractivity contribution is 5.48. The van der Waals surface area contributed by atoms with Gasteiger partial charge in [0.2, 0.25) is 0 Å². The van der Waals surface area contributed by atoms with Crippen LogP contribution in [0.1, 0.15) is 5.56 Å². The summed E-state index contributed by atoms with van der Waals surface area (Å²) in [5, 5.41) is 2.65. The first-order valence-electron chi connectivity index (χ1n) is 4.34. The molecular formula is C10H13F2NO. The van der Waals surface area contributed by atoms with Gasteiger partial charge in [0.25, 0.3) is 0 Å². The van der Waals surface area contributed by atoms with Crippen LogP contribution in [0.15, 0.2) is 12.1 Å². The summed E-state index contributed by atoms with van der Waals surface area (Å²) < 4.78 is 31.2. The van der Waals surface area contributed by atoms with Crippen molar-refractivity contribution in [2.75, 3.05) is 25.6 Å². The van der Waals surface area contributed by atoms with Gasteiger partial charge in [-0.1, -0.05) is 6.07 Å². The van der Waals surface area contributed by atoms with Crippen LogP contribution in [-0.4, -0.2) is 20.3 Å². The molecule has 1 aromatic carbocycles. The Morgan fingerprint density at radius 1 is 1.36 bits per heavy atom. The zero-order chi connectivity index (χ0) is 10.6. The van der Waals surface area contributed by atoms with Gasteiger partial charge in [-0.2, -0.15) is 0 Å². The number of benzene rings is 1. The van der Waals surface area contributed by atoms with E-state index in [2.05, 4.69) is 5.32 Å². The molecule has 0 radical (unpaired) electrons. The van der Waals surface area contributed by atoms with Gasteiger partial charge in [0.15, 0.2) is 5.82 Å². The Hall–Kier alpha value is -1.16. The average Bonchev–Trinajstić information content (AvgIpc) is 2.18. The first kappa shape index (κ1) is 10.9.